The lowest BCUT2D eigenvalue weighted by Crippen LogP contribution is -2.52. The number of unbranched alkanes of at least 4 members (excludes halogenated alkanes) is 1. The molecule has 0 bridgehead atoms. The molecular weight excluding hydrogens is 406 g/mol. The first-order valence-corrected chi connectivity index (χ1v) is 9.84. The molecule has 1 aromatic rings. The van der Waals surface area contributed by atoms with Crippen LogP contribution in [0.5, 0.6) is 5.75 Å². The van der Waals surface area contributed by atoms with Gasteiger partial charge < -0.3 is 32.5 Å². The van der Waals surface area contributed by atoms with Crippen molar-refractivity contribution in [2.75, 3.05) is 19.6 Å². The standard InChI is InChI=1S/C19H31N7O5/c20-8-2-1-3-14(21)18(30)24-10-16(28)23-11-17(29)25-15(19(31)26-22)9-12-4-6-13(27)7-5-12/h4-7,14-15,27H,1-3,8-11,20-22H2,(H,23,28)(H,24,30)(H,25,29)(H,26,31)/t14-,15-/m0/s1. The van der Waals surface area contributed by atoms with Gasteiger partial charge in [-0.15, -0.1) is 0 Å². The zero-order chi connectivity index (χ0) is 23.2. The van der Waals surface area contributed by atoms with E-state index in [1.807, 2.05) is 5.43 Å². The van der Waals surface area contributed by atoms with Gasteiger partial charge in [0, 0.05) is 6.42 Å². The molecule has 0 spiro atoms. The summed E-state index contributed by atoms with van der Waals surface area (Å²) in [7, 11) is 0. The van der Waals surface area contributed by atoms with E-state index in [9.17, 15) is 24.3 Å². The van der Waals surface area contributed by atoms with Crippen molar-refractivity contribution in [2.24, 2.45) is 17.3 Å². The molecular formula is C19H31N7O5. The Morgan fingerprint density at radius 1 is 0.935 bits per heavy atom. The third-order valence-electron chi connectivity index (χ3n) is 4.35. The van der Waals surface area contributed by atoms with Gasteiger partial charge in [0.05, 0.1) is 19.1 Å². The summed E-state index contributed by atoms with van der Waals surface area (Å²) in [6, 6.07) is 4.39. The number of amides is 4. The zero-order valence-electron chi connectivity index (χ0n) is 17.2. The van der Waals surface area contributed by atoms with E-state index >= 15 is 0 Å². The van der Waals surface area contributed by atoms with Crippen molar-refractivity contribution in [3.8, 4) is 5.75 Å². The fourth-order valence-electron chi connectivity index (χ4n) is 2.60. The van der Waals surface area contributed by atoms with Crippen LogP contribution in [-0.4, -0.2) is 60.5 Å². The third kappa shape index (κ3) is 10.4. The van der Waals surface area contributed by atoms with Crippen molar-refractivity contribution in [1.29, 1.82) is 0 Å². The maximum atomic E-state index is 12.1. The third-order valence-corrected chi connectivity index (χ3v) is 4.35. The minimum Gasteiger partial charge on any atom is -0.508 e. The van der Waals surface area contributed by atoms with E-state index in [1.165, 1.54) is 12.1 Å². The Morgan fingerprint density at radius 3 is 2.19 bits per heavy atom. The van der Waals surface area contributed by atoms with Crippen LogP contribution in [0.15, 0.2) is 24.3 Å². The second-order valence-corrected chi connectivity index (χ2v) is 6.88. The van der Waals surface area contributed by atoms with Gasteiger partial charge in [0.15, 0.2) is 0 Å². The van der Waals surface area contributed by atoms with Gasteiger partial charge in [0.2, 0.25) is 17.7 Å². The lowest BCUT2D eigenvalue weighted by atomic mass is 10.1. The summed E-state index contributed by atoms with van der Waals surface area (Å²) >= 11 is 0. The number of hydrogen-bond acceptors (Lipinski definition) is 8. The van der Waals surface area contributed by atoms with Gasteiger partial charge >= 0.3 is 0 Å². The lowest BCUT2D eigenvalue weighted by Gasteiger charge is -2.17. The number of hydrogen-bond donors (Lipinski definition) is 8. The number of carbonyl (C=O) groups excluding carboxylic acids is 4. The molecule has 0 aliphatic carbocycles. The Bertz CT molecular complexity index is 742. The number of aromatic hydroxyl groups is 1. The molecule has 0 unspecified atom stereocenters. The molecule has 0 fully saturated rings. The van der Waals surface area contributed by atoms with Crippen molar-refractivity contribution in [2.45, 2.75) is 37.8 Å². The number of hydrazine groups is 1. The molecule has 0 heterocycles. The van der Waals surface area contributed by atoms with Crippen LogP contribution in [0.1, 0.15) is 24.8 Å². The Balaban J connectivity index is 2.42. The predicted octanol–water partition coefficient (Wildman–Crippen LogP) is -2.90. The molecule has 31 heavy (non-hydrogen) atoms. The highest BCUT2D eigenvalue weighted by Gasteiger charge is 2.21. The van der Waals surface area contributed by atoms with Crippen LogP contribution in [0, 0.1) is 0 Å². The molecule has 0 aliphatic heterocycles. The van der Waals surface area contributed by atoms with Crippen LogP contribution in [0.3, 0.4) is 0 Å². The van der Waals surface area contributed by atoms with Crippen molar-refractivity contribution < 1.29 is 24.3 Å². The second-order valence-electron chi connectivity index (χ2n) is 6.88. The van der Waals surface area contributed by atoms with Crippen LogP contribution in [0.4, 0.5) is 0 Å². The van der Waals surface area contributed by atoms with Crippen molar-refractivity contribution in [3.05, 3.63) is 29.8 Å². The Hall–Kier alpha value is -3.22. The smallest absolute Gasteiger partial charge is 0.256 e. The second kappa shape index (κ2) is 13.9. The van der Waals surface area contributed by atoms with Crippen molar-refractivity contribution in [3.63, 3.8) is 0 Å². The van der Waals surface area contributed by atoms with E-state index in [-0.39, 0.29) is 18.7 Å². The first-order valence-electron chi connectivity index (χ1n) is 9.84. The molecule has 0 saturated carbocycles. The molecule has 0 saturated heterocycles. The normalized spacial score (nSPS) is 12.4. The van der Waals surface area contributed by atoms with Crippen LogP contribution in [0.2, 0.25) is 0 Å². The number of nitrogens with one attached hydrogen (secondary N) is 4. The van der Waals surface area contributed by atoms with Gasteiger partial charge in [0.25, 0.3) is 5.91 Å². The quantitative estimate of drug-likeness (QED) is 0.0691. The average molecular weight is 438 g/mol. The first-order chi connectivity index (χ1) is 14.8. The SMILES string of the molecule is NCCCC[C@H](N)C(=O)NCC(=O)NCC(=O)N[C@@H](Cc1ccc(O)cc1)C(=O)NN. The number of benzene rings is 1. The Labute approximate surface area is 180 Å². The summed E-state index contributed by atoms with van der Waals surface area (Å²) in [5, 5.41) is 16.5. The van der Waals surface area contributed by atoms with Crippen LogP contribution < -0.4 is 38.7 Å². The highest BCUT2D eigenvalue weighted by atomic mass is 16.3. The van der Waals surface area contributed by atoms with Gasteiger partial charge in [-0.3, -0.25) is 24.6 Å². The van der Waals surface area contributed by atoms with Gasteiger partial charge in [-0.1, -0.05) is 18.6 Å². The fraction of sp³-hybridized carbons (Fsp3) is 0.474. The number of rotatable bonds is 13. The van der Waals surface area contributed by atoms with Crippen molar-refractivity contribution >= 4 is 23.6 Å². The maximum Gasteiger partial charge on any atom is 0.256 e. The van der Waals surface area contributed by atoms with E-state index in [0.717, 1.165) is 6.42 Å². The summed E-state index contributed by atoms with van der Waals surface area (Å²) in [5.74, 6) is 2.93. The zero-order valence-corrected chi connectivity index (χ0v) is 17.2. The predicted molar refractivity (Wildman–Crippen MR) is 113 cm³/mol. The minimum atomic E-state index is -0.981. The van der Waals surface area contributed by atoms with E-state index in [2.05, 4.69) is 16.0 Å². The molecule has 2 atom stereocenters. The maximum absolute atomic E-state index is 12.1. The molecule has 0 aromatic heterocycles. The number of nitrogens with two attached hydrogens (primary N) is 3. The Kier molecular flexibility index (Phi) is 11.6. The summed E-state index contributed by atoms with van der Waals surface area (Å²) < 4.78 is 0. The summed E-state index contributed by atoms with van der Waals surface area (Å²) in [6.45, 7) is -0.223. The molecule has 12 heteroatoms. The molecule has 1 aromatic carbocycles. The summed E-state index contributed by atoms with van der Waals surface area (Å²) in [4.78, 5) is 47.7. The van der Waals surface area contributed by atoms with Gasteiger partial charge in [-0.25, -0.2) is 5.84 Å². The number of phenols is 1. The highest BCUT2D eigenvalue weighted by molar-refractivity contribution is 5.91. The van der Waals surface area contributed by atoms with Crippen LogP contribution in [-0.2, 0) is 25.6 Å². The van der Waals surface area contributed by atoms with Crippen LogP contribution in [0.25, 0.3) is 0 Å². The topological polar surface area (TPSA) is 215 Å². The van der Waals surface area contributed by atoms with E-state index in [0.29, 0.717) is 24.9 Å². The van der Waals surface area contributed by atoms with Gasteiger partial charge in [-0.05, 0) is 37.1 Å². The largest absolute Gasteiger partial charge is 0.508 e. The molecule has 12 nitrogen and oxygen atoms in total. The molecule has 0 radical (unpaired) electrons. The monoisotopic (exact) mass is 437 g/mol. The highest BCUT2D eigenvalue weighted by Crippen LogP contribution is 2.11. The minimum absolute atomic E-state index is 0.0685. The summed E-state index contributed by atoms with van der Waals surface area (Å²) in [6.07, 6.45) is 2.05. The van der Waals surface area contributed by atoms with E-state index < -0.39 is 42.3 Å². The van der Waals surface area contributed by atoms with Crippen molar-refractivity contribution in [1.82, 2.24) is 21.4 Å². The average Bonchev–Trinajstić information content (AvgIpc) is 2.76. The van der Waals surface area contributed by atoms with Gasteiger partial charge in [-0.2, -0.15) is 0 Å². The number of phenolic OH excluding ortho intramolecular Hbond substituents is 1. The molecule has 11 N–H and O–H groups in total. The molecule has 1 rings (SSSR count). The van der Waals surface area contributed by atoms with Crippen LogP contribution >= 0.6 is 0 Å². The molecule has 4 amide bonds. The van der Waals surface area contributed by atoms with E-state index in [1.54, 1.807) is 12.1 Å². The summed E-state index contributed by atoms with van der Waals surface area (Å²) in [5.41, 5.74) is 13.8. The first kappa shape index (κ1) is 25.8. The number of carbonyl (C=O) groups is 4. The van der Waals surface area contributed by atoms with E-state index in [4.69, 9.17) is 17.3 Å². The van der Waals surface area contributed by atoms with Gasteiger partial charge in [0.1, 0.15) is 11.8 Å². The molecule has 0 aliphatic rings. The molecule has 172 valence electrons. The Morgan fingerprint density at radius 2 is 1.58 bits per heavy atom. The fourth-order valence-corrected chi connectivity index (χ4v) is 2.60. The lowest BCUT2D eigenvalue weighted by molar-refractivity contribution is -0.130.